The molecule has 2 aromatic heterocycles. The normalized spacial score (nSPS) is 16.8. The first-order valence-electron chi connectivity index (χ1n) is 9.20. The van der Waals surface area contributed by atoms with Gasteiger partial charge < -0.3 is 4.90 Å². The maximum atomic E-state index is 13.4. The van der Waals surface area contributed by atoms with E-state index in [-0.39, 0.29) is 5.56 Å². The SMILES string of the molecule is CCSc1nc2sc3c(c2c(=O)n1CCc1ccccc1)CC[NH+](C)C3. The number of aryl methyl sites for hydroxylation is 1. The van der Waals surface area contributed by atoms with Gasteiger partial charge in [0.05, 0.1) is 23.9 Å². The molecule has 26 heavy (non-hydrogen) atoms. The highest BCUT2D eigenvalue weighted by atomic mass is 32.2. The van der Waals surface area contributed by atoms with Gasteiger partial charge in [0.2, 0.25) is 0 Å². The third kappa shape index (κ3) is 3.33. The van der Waals surface area contributed by atoms with Gasteiger partial charge in [0.1, 0.15) is 11.4 Å². The zero-order valence-corrected chi connectivity index (χ0v) is 16.9. The van der Waals surface area contributed by atoms with Crippen molar-refractivity contribution in [1.82, 2.24) is 9.55 Å². The van der Waals surface area contributed by atoms with Gasteiger partial charge in [-0.1, -0.05) is 49.0 Å². The molecule has 0 bridgehead atoms. The average Bonchev–Trinajstić information content (AvgIpc) is 3.00. The highest BCUT2D eigenvalue weighted by Gasteiger charge is 2.25. The average molecular weight is 387 g/mol. The van der Waals surface area contributed by atoms with Crippen molar-refractivity contribution < 1.29 is 4.90 Å². The Hall–Kier alpha value is -1.63. The molecule has 0 saturated carbocycles. The lowest BCUT2D eigenvalue weighted by Gasteiger charge is -2.19. The summed E-state index contributed by atoms with van der Waals surface area (Å²) in [4.78, 5) is 22.1. The van der Waals surface area contributed by atoms with Gasteiger partial charge in [0, 0.05) is 13.0 Å². The number of benzene rings is 1. The summed E-state index contributed by atoms with van der Waals surface area (Å²) < 4.78 is 1.90. The molecule has 1 aromatic carbocycles. The number of fused-ring (bicyclic) bond motifs is 3. The fourth-order valence-corrected chi connectivity index (χ4v) is 5.72. The maximum absolute atomic E-state index is 13.4. The van der Waals surface area contributed by atoms with Crippen LogP contribution in [0.15, 0.2) is 40.3 Å². The molecule has 4 rings (SSSR count). The van der Waals surface area contributed by atoms with Gasteiger partial charge in [-0.25, -0.2) is 4.98 Å². The van der Waals surface area contributed by atoms with Crippen molar-refractivity contribution >= 4 is 33.3 Å². The summed E-state index contributed by atoms with van der Waals surface area (Å²) in [6.07, 6.45) is 1.83. The number of nitrogens with zero attached hydrogens (tertiary/aromatic N) is 2. The lowest BCUT2D eigenvalue weighted by Crippen LogP contribution is -3.08. The molecule has 0 saturated heterocycles. The first-order valence-corrected chi connectivity index (χ1v) is 11.0. The third-order valence-corrected chi connectivity index (χ3v) is 6.95. The van der Waals surface area contributed by atoms with Crippen LogP contribution in [0, 0.1) is 0 Å². The number of likely N-dealkylation sites (N-methyl/N-ethyl adjacent to an activating group) is 1. The second-order valence-electron chi connectivity index (χ2n) is 6.84. The van der Waals surface area contributed by atoms with E-state index in [0.29, 0.717) is 6.54 Å². The molecule has 0 amide bonds. The smallest absolute Gasteiger partial charge is 0.263 e. The summed E-state index contributed by atoms with van der Waals surface area (Å²) in [5.74, 6) is 0.918. The van der Waals surface area contributed by atoms with E-state index in [0.717, 1.165) is 47.1 Å². The second-order valence-corrected chi connectivity index (χ2v) is 9.15. The highest BCUT2D eigenvalue weighted by Crippen LogP contribution is 2.30. The number of quaternary nitrogens is 1. The van der Waals surface area contributed by atoms with Crippen molar-refractivity contribution in [2.45, 2.75) is 38.0 Å². The van der Waals surface area contributed by atoms with Crippen molar-refractivity contribution in [3.8, 4) is 0 Å². The molecule has 0 radical (unpaired) electrons. The number of hydrogen-bond acceptors (Lipinski definition) is 4. The summed E-state index contributed by atoms with van der Waals surface area (Å²) >= 11 is 3.39. The number of thiophene rings is 1. The zero-order valence-electron chi connectivity index (χ0n) is 15.2. The summed E-state index contributed by atoms with van der Waals surface area (Å²) in [6.45, 7) is 4.90. The van der Waals surface area contributed by atoms with Gasteiger partial charge in [-0.3, -0.25) is 9.36 Å². The molecular formula is C20H24N3OS2+. The summed E-state index contributed by atoms with van der Waals surface area (Å²) in [6, 6.07) is 10.4. The predicted octanol–water partition coefficient (Wildman–Crippen LogP) is 2.38. The summed E-state index contributed by atoms with van der Waals surface area (Å²) in [5, 5.41) is 1.74. The van der Waals surface area contributed by atoms with Gasteiger partial charge in [-0.05, 0) is 23.3 Å². The quantitative estimate of drug-likeness (QED) is 0.541. The minimum absolute atomic E-state index is 0.152. The molecule has 1 aliphatic heterocycles. The Bertz CT molecular complexity index is 978. The third-order valence-electron chi connectivity index (χ3n) is 4.96. The maximum Gasteiger partial charge on any atom is 0.263 e. The molecule has 1 atom stereocenters. The van der Waals surface area contributed by atoms with Gasteiger partial charge >= 0.3 is 0 Å². The summed E-state index contributed by atoms with van der Waals surface area (Å²) in [7, 11) is 2.22. The fraction of sp³-hybridized carbons (Fsp3) is 0.400. The van der Waals surface area contributed by atoms with E-state index in [1.54, 1.807) is 23.1 Å². The molecule has 1 aliphatic rings. The number of nitrogens with one attached hydrogen (secondary N) is 1. The summed E-state index contributed by atoms with van der Waals surface area (Å²) in [5.41, 5.74) is 2.66. The Kier molecular flexibility index (Phi) is 5.16. The number of aromatic nitrogens is 2. The first-order chi connectivity index (χ1) is 12.7. The second kappa shape index (κ2) is 7.55. The van der Waals surface area contributed by atoms with E-state index in [9.17, 15) is 4.79 Å². The lowest BCUT2D eigenvalue weighted by molar-refractivity contribution is -0.895. The molecule has 0 aliphatic carbocycles. The number of thioether (sulfide) groups is 1. The van der Waals surface area contributed by atoms with Crippen LogP contribution >= 0.6 is 23.1 Å². The molecule has 6 heteroatoms. The van der Waals surface area contributed by atoms with E-state index in [1.165, 1.54) is 20.9 Å². The highest BCUT2D eigenvalue weighted by molar-refractivity contribution is 7.99. The van der Waals surface area contributed by atoms with E-state index >= 15 is 0 Å². The van der Waals surface area contributed by atoms with Crippen molar-refractivity contribution in [3.05, 3.63) is 56.7 Å². The lowest BCUT2D eigenvalue weighted by atomic mass is 10.1. The Morgan fingerprint density at radius 2 is 2.12 bits per heavy atom. The van der Waals surface area contributed by atoms with E-state index in [1.807, 2.05) is 10.6 Å². The van der Waals surface area contributed by atoms with Crippen molar-refractivity contribution in [3.63, 3.8) is 0 Å². The van der Waals surface area contributed by atoms with Crippen LogP contribution < -0.4 is 10.5 Å². The van der Waals surface area contributed by atoms with Crippen LogP contribution in [-0.2, 0) is 25.9 Å². The fourth-order valence-electron chi connectivity index (χ4n) is 3.60. The van der Waals surface area contributed by atoms with Gasteiger partial charge in [-0.15, -0.1) is 11.3 Å². The molecule has 136 valence electrons. The minimum atomic E-state index is 0.152. The number of rotatable bonds is 5. The molecule has 0 fully saturated rings. The standard InChI is InChI=1S/C20H23N3OS2/c1-3-25-20-21-18-17(15-10-11-22(2)13-16(15)26-18)19(24)23(20)12-9-14-7-5-4-6-8-14/h4-8H,3,9-13H2,1-2H3/p+1. The van der Waals surface area contributed by atoms with Gasteiger partial charge in [0.15, 0.2) is 5.16 Å². The van der Waals surface area contributed by atoms with E-state index < -0.39 is 0 Å². The van der Waals surface area contributed by atoms with Crippen molar-refractivity contribution in [1.29, 1.82) is 0 Å². The molecular weight excluding hydrogens is 362 g/mol. The molecule has 1 unspecified atom stereocenters. The minimum Gasteiger partial charge on any atom is -0.333 e. The first kappa shape index (κ1) is 17.8. The van der Waals surface area contributed by atoms with Crippen molar-refractivity contribution in [2.24, 2.45) is 0 Å². The molecule has 3 heterocycles. The van der Waals surface area contributed by atoms with Crippen LogP contribution in [0.5, 0.6) is 0 Å². The Morgan fingerprint density at radius 1 is 1.31 bits per heavy atom. The van der Waals surface area contributed by atoms with Crippen LogP contribution in [0.3, 0.4) is 0 Å². The Morgan fingerprint density at radius 3 is 2.88 bits per heavy atom. The Labute approximate surface area is 161 Å². The van der Waals surface area contributed by atoms with E-state index in [4.69, 9.17) is 4.98 Å². The monoisotopic (exact) mass is 386 g/mol. The van der Waals surface area contributed by atoms with Crippen LogP contribution in [0.2, 0.25) is 0 Å². The van der Waals surface area contributed by atoms with Crippen LogP contribution in [-0.4, -0.2) is 28.9 Å². The topological polar surface area (TPSA) is 39.3 Å². The predicted molar refractivity (Wildman–Crippen MR) is 110 cm³/mol. The van der Waals surface area contributed by atoms with Gasteiger partial charge in [0.25, 0.3) is 5.56 Å². The molecule has 0 spiro atoms. The Balaban J connectivity index is 1.78. The number of hydrogen-bond donors (Lipinski definition) is 1. The van der Waals surface area contributed by atoms with Crippen molar-refractivity contribution in [2.75, 3.05) is 19.3 Å². The zero-order chi connectivity index (χ0) is 18.1. The molecule has 1 N–H and O–H groups in total. The van der Waals surface area contributed by atoms with Crippen LogP contribution in [0.25, 0.3) is 10.2 Å². The van der Waals surface area contributed by atoms with Crippen LogP contribution in [0.4, 0.5) is 0 Å². The van der Waals surface area contributed by atoms with Gasteiger partial charge in [-0.2, -0.15) is 0 Å². The van der Waals surface area contributed by atoms with Crippen LogP contribution in [0.1, 0.15) is 22.9 Å². The molecule has 3 aromatic rings. The molecule has 4 nitrogen and oxygen atoms in total. The van der Waals surface area contributed by atoms with E-state index in [2.05, 4.69) is 38.2 Å². The largest absolute Gasteiger partial charge is 0.333 e.